The van der Waals surface area contributed by atoms with E-state index in [1.807, 2.05) is 11.5 Å². The highest BCUT2D eigenvalue weighted by Gasteiger charge is 1.98. The number of hydrazine groups is 1. The Labute approximate surface area is 71.0 Å². The number of hydrogen-bond donors (Lipinski definition) is 3. The zero-order valence-electron chi connectivity index (χ0n) is 6.82. The standard InChI is InChI=1S/C7H8N2O.CH4O/c8-9-7(10)6-4-2-1-3-5-6;1-2/h1-5H,8H2,(H,9,10);2H,1H3. The molecular weight excluding hydrogens is 156 g/mol. The van der Waals surface area contributed by atoms with Crippen LogP contribution in [0.5, 0.6) is 0 Å². The highest BCUT2D eigenvalue weighted by molar-refractivity contribution is 5.93. The summed E-state index contributed by atoms with van der Waals surface area (Å²) in [5.74, 6) is 4.64. The third-order valence-corrected chi connectivity index (χ3v) is 1.17. The minimum Gasteiger partial charge on any atom is -0.400 e. The highest BCUT2D eigenvalue weighted by atomic mass is 16.2. The van der Waals surface area contributed by atoms with Crippen molar-refractivity contribution in [1.82, 2.24) is 5.43 Å². The molecule has 0 saturated carbocycles. The van der Waals surface area contributed by atoms with E-state index in [-0.39, 0.29) is 5.91 Å². The van der Waals surface area contributed by atoms with Crippen molar-refractivity contribution in [3.63, 3.8) is 0 Å². The number of nitrogens with two attached hydrogens (primary N) is 1. The summed E-state index contributed by atoms with van der Waals surface area (Å²) >= 11 is 0. The van der Waals surface area contributed by atoms with Crippen LogP contribution in [0.25, 0.3) is 0 Å². The van der Waals surface area contributed by atoms with Gasteiger partial charge in [0.15, 0.2) is 0 Å². The molecule has 4 heteroatoms. The van der Waals surface area contributed by atoms with E-state index in [9.17, 15) is 4.79 Å². The monoisotopic (exact) mass is 168 g/mol. The maximum atomic E-state index is 10.8. The largest absolute Gasteiger partial charge is 0.400 e. The molecule has 0 heterocycles. The van der Waals surface area contributed by atoms with Gasteiger partial charge in [-0.2, -0.15) is 0 Å². The van der Waals surface area contributed by atoms with Gasteiger partial charge in [-0.15, -0.1) is 0 Å². The van der Waals surface area contributed by atoms with Crippen LogP contribution in [0.1, 0.15) is 10.4 Å². The summed E-state index contributed by atoms with van der Waals surface area (Å²) in [5, 5.41) is 7.00. The number of aliphatic hydroxyl groups excluding tert-OH is 1. The number of nitrogens with one attached hydrogen (secondary N) is 1. The SMILES string of the molecule is CO.NNC(=O)c1ccccc1. The molecule has 4 nitrogen and oxygen atoms in total. The normalized spacial score (nSPS) is 7.92. The minimum atomic E-state index is -0.263. The Morgan fingerprint density at radius 2 is 1.83 bits per heavy atom. The highest BCUT2D eigenvalue weighted by Crippen LogP contribution is 1.95. The van der Waals surface area contributed by atoms with Gasteiger partial charge in [0.1, 0.15) is 0 Å². The predicted molar refractivity (Wildman–Crippen MR) is 46.2 cm³/mol. The lowest BCUT2D eigenvalue weighted by Gasteiger charge is -1.95. The first kappa shape index (κ1) is 10.6. The first-order chi connectivity index (χ1) is 5.84. The molecule has 0 radical (unpaired) electrons. The Kier molecular flexibility index (Phi) is 5.60. The maximum absolute atomic E-state index is 10.8. The zero-order valence-corrected chi connectivity index (χ0v) is 6.82. The molecule has 0 saturated heterocycles. The van der Waals surface area contributed by atoms with Crippen molar-refractivity contribution < 1.29 is 9.90 Å². The van der Waals surface area contributed by atoms with Gasteiger partial charge in [-0.25, -0.2) is 5.84 Å². The van der Waals surface area contributed by atoms with Gasteiger partial charge < -0.3 is 5.11 Å². The van der Waals surface area contributed by atoms with E-state index in [2.05, 4.69) is 0 Å². The van der Waals surface area contributed by atoms with Gasteiger partial charge in [0.25, 0.3) is 5.91 Å². The maximum Gasteiger partial charge on any atom is 0.265 e. The van der Waals surface area contributed by atoms with Crippen molar-refractivity contribution in [3.8, 4) is 0 Å². The third-order valence-electron chi connectivity index (χ3n) is 1.17. The Morgan fingerprint density at radius 3 is 2.25 bits per heavy atom. The predicted octanol–water partition coefficient (Wildman–Crippen LogP) is -0.101. The number of aliphatic hydroxyl groups is 1. The van der Waals surface area contributed by atoms with Crippen LogP contribution in [0.4, 0.5) is 0 Å². The van der Waals surface area contributed by atoms with Crippen molar-refractivity contribution in [2.75, 3.05) is 7.11 Å². The van der Waals surface area contributed by atoms with E-state index < -0.39 is 0 Å². The number of benzene rings is 1. The fourth-order valence-corrected chi connectivity index (χ4v) is 0.673. The molecule has 1 rings (SSSR count). The van der Waals surface area contributed by atoms with Gasteiger partial charge >= 0.3 is 0 Å². The lowest BCUT2D eigenvalue weighted by Crippen LogP contribution is -2.29. The number of carbonyl (C=O) groups is 1. The molecule has 0 aliphatic rings. The van der Waals surface area contributed by atoms with E-state index in [1.165, 1.54) is 0 Å². The quantitative estimate of drug-likeness (QED) is 0.311. The lowest BCUT2D eigenvalue weighted by molar-refractivity contribution is 0.0953. The van der Waals surface area contributed by atoms with Crippen LogP contribution in [-0.4, -0.2) is 18.1 Å². The minimum absolute atomic E-state index is 0.263. The first-order valence-electron chi connectivity index (χ1n) is 3.35. The van der Waals surface area contributed by atoms with Crippen molar-refractivity contribution in [3.05, 3.63) is 35.9 Å². The van der Waals surface area contributed by atoms with Crippen LogP contribution >= 0.6 is 0 Å². The molecular formula is C8H12N2O2. The van der Waals surface area contributed by atoms with E-state index in [4.69, 9.17) is 10.9 Å². The van der Waals surface area contributed by atoms with Gasteiger partial charge in [-0.05, 0) is 12.1 Å². The Hall–Kier alpha value is -1.39. The average molecular weight is 168 g/mol. The molecule has 1 amide bonds. The fraction of sp³-hybridized carbons (Fsp3) is 0.125. The van der Waals surface area contributed by atoms with Crippen LogP contribution in [0.3, 0.4) is 0 Å². The van der Waals surface area contributed by atoms with Crippen LogP contribution in [0.2, 0.25) is 0 Å². The molecule has 0 atom stereocenters. The van der Waals surface area contributed by atoms with E-state index in [1.54, 1.807) is 24.3 Å². The molecule has 0 aliphatic carbocycles. The molecule has 1 aromatic carbocycles. The molecule has 12 heavy (non-hydrogen) atoms. The van der Waals surface area contributed by atoms with Crippen molar-refractivity contribution in [2.24, 2.45) is 5.84 Å². The van der Waals surface area contributed by atoms with E-state index in [0.29, 0.717) is 5.56 Å². The fourth-order valence-electron chi connectivity index (χ4n) is 0.673. The Morgan fingerprint density at radius 1 is 1.33 bits per heavy atom. The zero-order chi connectivity index (χ0) is 9.40. The summed E-state index contributed by atoms with van der Waals surface area (Å²) in [6, 6.07) is 8.80. The average Bonchev–Trinajstić information content (AvgIpc) is 2.21. The van der Waals surface area contributed by atoms with Crippen molar-refractivity contribution in [2.45, 2.75) is 0 Å². The van der Waals surface area contributed by atoms with Crippen LogP contribution in [-0.2, 0) is 0 Å². The number of hydrogen-bond acceptors (Lipinski definition) is 3. The molecule has 66 valence electrons. The van der Waals surface area contributed by atoms with Crippen LogP contribution in [0.15, 0.2) is 30.3 Å². The molecule has 4 N–H and O–H groups in total. The second kappa shape index (κ2) is 6.33. The molecule has 0 fully saturated rings. The second-order valence-electron chi connectivity index (χ2n) is 1.84. The number of carbonyl (C=O) groups excluding carboxylic acids is 1. The molecule has 0 aromatic heterocycles. The first-order valence-corrected chi connectivity index (χ1v) is 3.35. The third kappa shape index (κ3) is 3.14. The Balaban J connectivity index is 0.000000561. The van der Waals surface area contributed by atoms with Gasteiger partial charge in [0.2, 0.25) is 0 Å². The van der Waals surface area contributed by atoms with Gasteiger partial charge in [0, 0.05) is 12.7 Å². The second-order valence-corrected chi connectivity index (χ2v) is 1.84. The summed E-state index contributed by atoms with van der Waals surface area (Å²) in [5.41, 5.74) is 2.62. The van der Waals surface area contributed by atoms with Gasteiger partial charge in [0.05, 0.1) is 0 Å². The van der Waals surface area contributed by atoms with E-state index >= 15 is 0 Å². The van der Waals surface area contributed by atoms with Crippen LogP contribution < -0.4 is 11.3 Å². The molecule has 0 bridgehead atoms. The summed E-state index contributed by atoms with van der Waals surface area (Å²) in [6.45, 7) is 0. The topological polar surface area (TPSA) is 75.3 Å². The summed E-state index contributed by atoms with van der Waals surface area (Å²) < 4.78 is 0. The van der Waals surface area contributed by atoms with E-state index in [0.717, 1.165) is 7.11 Å². The van der Waals surface area contributed by atoms with Gasteiger partial charge in [-0.1, -0.05) is 18.2 Å². The van der Waals surface area contributed by atoms with Crippen molar-refractivity contribution in [1.29, 1.82) is 0 Å². The number of rotatable bonds is 1. The summed E-state index contributed by atoms with van der Waals surface area (Å²) in [7, 11) is 1.00. The lowest BCUT2D eigenvalue weighted by atomic mass is 10.2. The molecule has 0 spiro atoms. The summed E-state index contributed by atoms with van der Waals surface area (Å²) in [6.07, 6.45) is 0. The van der Waals surface area contributed by atoms with Gasteiger partial charge in [-0.3, -0.25) is 10.2 Å². The Bertz CT molecular complexity index is 224. The van der Waals surface area contributed by atoms with Crippen LogP contribution in [0, 0.1) is 0 Å². The molecule has 1 aromatic rings. The summed E-state index contributed by atoms with van der Waals surface area (Å²) in [4.78, 5) is 10.8. The van der Waals surface area contributed by atoms with Crippen molar-refractivity contribution >= 4 is 5.91 Å². The number of nitrogen functional groups attached to an aromatic ring is 1. The smallest absolute Gasteiger partial charge is 0.265 e. The molecule has 0 unspecified atom stereocenters. The number of amides is 1. The molecule has 0 aliphatic heterocycles.